The van der Waals surface area contributed by atoms with Gasteiger partial charge in [0.2, 0.25) is 0 Å². The van der Waals surface area contributed by atoms with Crippen LogP contribution in [0.4, 0.5) is 11.4 Å². The van der Waals surface area contributed by atoms with Crippen molar-refractivity contribution in [2.45, 2.75) is 13.1 Å². The van der Waals surface area contributed by atoms with Gasteiger partial charge >= 0.3 is 5.97 Å². The van der Waals surface area contributed by atoms with Gasteiger partial charge in [-0.05, 0) is 47.5 Å². The second kappa shape index (κ2) is 4.49. The molecule has 2 bridgehead atoms. The van der Waals surface area contributed by atoms with Crippen molar-refractivity contribution < 1.29 is 9.90 Å². The monoisotopic (exact) mass is 344 g/mol. The highest BCUT2D eigenvalue weighted by Gasteiger charge is 2.29. The first kappa shape index (κ1) is 12.7. The number of rotatable bonds is 1. The van der Waals surface area contributed by atoms with Gasteiger partial charge in [-0.25, -0.2) is 4.79 Å². The van der Waals surface area contributed by atoms with Crippen LogP contribution in [-0.2, 0) is 13.1 Å². The molecule has 0 saturated carbocycles. The zero-order valence-electron chi connectivity index (χ0n) is 11.2. The lowest BCUT2D eigenvalue weighted by atomic mass is 10.00. The lowest BCUT2D eigenvalue weighted by Gasteiger charge is -2.44. The summed E-state index contributed by atoms with van der Waals surface area (Å²) < 4.78 is 1.09. The molecule has 0 amide bonds. The van der Waals surface area contributed by atoms with Gasteiger partial charge in [-0.3, -0.25) is 0 Å². The first-order valence-electron chi connectivity index (χ1n) is 6.76. The number of halogens is 1. The van der Waals surface area contributed by atoms with Crippen LogP contribution >= 0.6 is 15.9 Å². The van der Waals surface area contributed by atoms with Crippen LogP contribution in [0, 0.1) is 0 Å². The molecule has 2 aromatic rings. The lowest BCUT2D eigenvalue weighted by molar-refractivity contribution is 0.0696. The third kappa shape index (κ3) is 2.00. The van der Waals surface area contributed by atoms with E-state index in [1.54, 1.807) is 12.1 Å². The van der Waals surface area contributed by atoms with Gasteiger partial charge in [0.1, 0.15) is 0 Å². The average molecular weight is 345 g/mol. The largest absolute Gasteiger partial charge is 0.478 e. The molecule has 21 heavy (non-hydrogen) atoms. The van der Waals surface area contributed by atoms with Gasteiger partial charge in [0.25, 0.3) is 0 Å². The number of hydrogen-bond acceptors (Lipinski definition) is 3. The summed E-state index contributed by atoms with van der Waals surface area (Å²) in [5.74, 6) is -0.872. The molecule has 2 aliphatic heterocycles. The number of benzene rings is 2. The molecule has 0 unspecified atom stereocenters. The molecule has 2 heterocycles. The van der Waals surface area contributed by atoms with Crippen LogP contribution in [-0.4, -0.2) is 17.7 Å². The van der Waals surface area contributed by atoms with Crippen LogP contribution in [0.15, 0.2) is 40.9 Å². The van der Waals surface area contributed by atoms with Crippen molar-refractivity contribution in [3.8, 4) is 0 Å². The van der Waals surface area contributed by atoms with E-state index in [0.717, 1.165) is 35.5 Å². The van der Waals surface area contributed by atoms with Crippen LogP contribution in [0.3, 0.4) is 0 Å². The minimum Gasteiger partial charge on any atom is -0.478 e. The van der Waals surface area contributed by atoms with Crippen LogP contribution < -0.4 is 9.80 Å². The fourth-order valence-electron chi connectivity index (χ4n) is 3.18. The summed E-state index contributed by atoms with van der Waals surface area (Å²) in [5, 5.41) is 9.15. The Kier molecular flexibility index (Phi) is 2.72. The number of anilines is 2. The Balaban J connectivity index is 1.79. The van der Waals surface area contributed by atoms with Gasteiger partial charge in [-0.15, -0.1) is 0 Å². The number of nitrogens with zero attached hydrogens (tertiary/aromatic N) is 2. The quantitative estimate of drug-likeness (QED) is 0.860. The summed E-state index contributed by atoms with van der Waals surface area (Å²) in [6.45, 7) is 2.46. The number of carbonyl (C=O) groups is 1. The molecule has 4 nitrogen and oxygen atoms in total. The molecule has 2 aromatic carbocycles. The van der Waals surface area contributed by atoms with Crippen LogP contribution in [0.5, 0.6) is 0 Å². The van der Waals surface area contributed by atoms with Gasteiger partial charge in [-0.2, -0.15) is 0 Å². The van der Waals surface area contributed by atoms with Gasteiger partial charge < -0.3 is 14.9 Å². The second-order valence-corrected chi connectivity index (χ2v) is 6.37. The minimum absolute atomic E-state index is 0.354. The van der Waals surface area contributed by atoms with Crippen molar-refractivity contribution in [3.63, 3.8) is 0 Å². The maximum atomic E-state index is 11.1. The maximum Gasteiger partial charge on any atom is 0.335 e. The first-order chi connectivity index (χ1) is 10.1. The van der Waals surface area contributed by atoms with Crippen LogP contribution in [0.2, 0.25) is 0 Å². The Bertz CT molecular complexity index is 760. The molecule has 2 aliphatic rings. The van der Waals surface area contributed by atoms with Gasteiger partial charge in [0, 0.05) is 28.9 Å². The molecule has 0 saturated heterocycles. The Morgan fingerprint density at radius 2 is 1.62 bits per heavy atom. The summed E-state index contributed by atoms with van der Waals surface area (Å²) in [7, 11) is 0. The number of carboxylic acids is 1. The molecule has 0 radical (unpaired) electrons. The predicted molar refractivity (Wildman–Crippen MR) is 84.8 cm³/mol. The Morgan fingerprint density at radius 1 is 1.00 bits per heavy atom. The van der Waals surface area contributed by atoms with Crippen LogP contribution in [0.25, 0.3) is 0 Å². The highest BCUT2D eigenvalue weighted by Crippen LogP contribution is 2.39. The number of hydrogen-bond donors (Lipinski definition) is 1. The summed E-state index contributed by atoms with van der Waals surface area (Å²) in [6.07, 6.45) is 0. The fourth-order valence-corrected chi connectivity index (χ4v) is 3.59. The molecule has 0 spiro atoms. The smallest absolute Gasteiger partial charge is 0.335 e. The summed E-state index contributed by atoms with van der Waals surface area (Å²) in [4.78, 5) is 15.7. The molecular weight excluding hydrogens is 332 g/mol. The summed E-state index contributed by atoms with van der Waals surface area (Å²) in [5.41, 5.74) is 5.10. The average Bonchev–Trinajstić information content (AvgIpc) is 2.46. The van der Waals surface area contributed by atoms with Gasteiger partial charge in [-0.1, -0.05) is 15.9 Å². The van der Waals surface area contributed by atoms with Crippen molar-refractivity contribution in [1.29, 1.82) is 0 Å². The minimum atomic E-state index is -0.872. The number of carboxylic acid groups (broad SMARTS) is 1. The molecule has 106 valence electrons. The zero-order valence-corrected chi connectivity index (χ0v) is 12.8. The molecule has 0 aromatic heterocycles. The predicted octanol–water partition coefficient (Wildman–Crippen LogP) is 3.45. The van der Waals surface area contributed by atoms with E-state index in [4.69, 9.17) is 5.11 Å². The van der Waals surface area contributed by atoms with E-state index in [1.165, 1.54) is 11.3 Å². The van der Waals surface area contributed by atoms with E-state index in [9.17, 15) is 4.79 Å². The second-order valence-electron chi connectivity index (χ2n) is 5.46. The van der Waals surface area contributed by atoms with E-state index in [1.807, 2.05) is 6.07 Å². The maximum absolute atomic E-state index is 11.1. The zero-order chi connectivity index (χ0) is 14.6. The SMILES string of the molecule is O=C(O)c1ccc2c(c1)CN1CN2Cc2cc(Br)ccc21. The van der Waals surface area contributed by atoms with Crippen molar-refractivity contribution in [3.05, 3.63) is 57.6 Å². The molecule has 5 heteroatoms. The van der Waals surface area contributed by atoms with Gasteiger partial charge in [0.05, 0.1) is 12.2 Å². The van der Waals surface area contributed by atoms with E-state index in [0.29, 0.717) is 5.56 Å². The topological polar surface area (TPSA) is 43.8 Å². The standard InChI is InChI=1S/C16H13BrN2O2/c17-13-2-4-15-12(6-13)8-19-9-18(15)7-11-5-10(16(20)21)1-3-14(11)19/h1-6H,7-9H2,(H,20,21). The van der Waals surface area contributed by atoms with Gasteiger partial charge in [0.15, 0.2) is 0 Å². The highest BCUT2D eigenvalue weighted by molar-refractivity contribution is 9.10. The molecule has 1 N–H and O–H groups in total. The van der Waals surface area contributed by atoms with Crippen LogP contribution in [0.1, 0.15) is 21.5 Å². The van der Waals surface area contributed by atoms with Crippen molar-refractivity contribution in [2.75, 3.05) is 16.5 Å². The summed E-state index contributed by atoms with van der Waals surface area (Å²) in [6, 6.07) is 11.7. The molecular formula is C16H13BrN2O2. The molecule has 0 atom stereocenters. The van der Waals surface area contributed by atoms with E-state index in [2.05, 4.69) is 43.9 Å². The van der Waals surface area contributed by atoms with Crippen molar-refractivity contribution in [2.24, 2.45) is 0 Å². The normalized spacial score (nSPS) is 15.5. The van der Waals surface area contributed by atoms with E-state index < -0.39 is 5.97 Å². The number of fused-ring (bicyclic) bond motifs is 6. The van der Waals surface area contributed by atoms with E-state index in [-0.39, 0.29) is 0 Å². The van der Waals surface area contributed by atoms with E-state index >= 15 is 0 Å². The molecule has 0 fully saturated rings. The Morgan fingerprint density at radius 3 is 2.29 bits per heavy atom. The third-order valence-electron chi connectivity index (χ3n) is 4.11. The Labute approximate surface area is 130 Å². The van der Waals surface area contributed by atoms with Crippen molar-refractivity contribution >= 4 is 33.3 Å². The third-order valence-corrected chi connectivity index (χ3v) is 4.61. The summed E-state index contributed by atoms with van der Waals surface area (Å²) >= 11 is 3.53. The molecule has 4 rings (SSSR count). The lowest BCUT2D eigenvalue weighted by Crippen LogP contribution is -2.46. The van der Waals surface area contributed by atoms with Crippen molar-refractivity contribution in [1.82, 2.24) is 0 Å². The Hall–Kier alpha value is -2.01. The fraction of sp³-hybridized carbons (Fsp3) is 0.188. The number of aromatic carboxylic acids is 1. The molecule has 0 aliphatic carbocycles. The highest BCUT2D eigenvalue weighted by atomic mass is 79.9. The first-order valence-corrected chi connectivity index (χ1v) is 7.56.